The minimum Gasteiger partial charge on any atom is -0.308 e. The van der Waals surface area contributed by atoms with E-state index < -0.39 is 0 Å². The number of nitrogens with zero attached hydrogens (tertiary/aromatic N) is 4. The number of halogens is 1. The predicted molar refractivity (Wildman–Crippen MR) is 61.2 cm³/mol. The molecule has 1 N–H and O–H groups in total. The second-order valence-corrected chi connectivity index (χ2v) is 3.80. The van der Waals surface area contributed by atoms with E-state index in [2.05, 4.69) is 20.4 Å². The van der Waals surface area contributed by atoms with Gasteiger partial charge in [-0.05, 0) is 7.05 Å². The molecule has 2 aromatic heterocycles. The van der Waals surface area contributed by atoms with E-state index >= 15 is 0 Å². The van der Waals surface area contributed by atoms with Crippen molar-refractivity contribution < 1.29 is 0 Å². The van der Waals surface area contributed by atoms with Crippen LogP contribution >= 0.6 is 11.6 Å². The molecule has 2 rings (SSSR count). The third-order valence-corrected chi connectivity index (χ3v) is 2.70. The van der Waals surface area contributed by atoms with Crippen molar-refractivity contribution in [3.8, 4) is 0 Å². The molecule has 1 atom stereocenters. The minimum atomic E-state index is -0.0544. The number of nitrogens with one attached hydrogen (secondary N) is 1. The molecule has 0 aliphatic heterocycles. The molecule has 0 bridgehead atoms. The second-order valence-electron chi connectivity index (χ2n) is 3.39. The molecule has 0 fully saturated rings. The van der Waals surface area contributed by atoms with Crippen LogP contribution in [0.25, 0.3) is 0 Å². The third kappa shape index (κ3) is 1.91. The van der Waals surface area contributed by atoms with E-state index in [1.54, 1.807) is 23.3 Å². The normalized spacial score (nSPS) is 12.7. The van der Waals surface area contributed by atoms with E-state index in [1.165, 1.54) is 6.33 Å². The Hall–Kier alpha value is -1.46. The molecule has 16 heavy (non-hydrogen) atoms. The van der Waals surface area contributed by atoms with Crippen molar-refractivity contribution >= 4 is 11.6 Å². The molecule has 0 aliphatic rings. The molecule has 0 saturated carbocycles. The fraction of sp³-hybridized carbons (Fsp3) is 0.300. The summed E-state index contributed by atoms with van der Waals surface area (Å²) in [7, 11) is 3.72. The van der Waals surface area contributed by atoms with Gasteiger partial charge in [-0.3, -0.25) is 4.68 Å². The van der Waals surface area contributed by atoms with Gasteiger partial charge in [-0.25, -0.2) is 9.97 Å². The van der Waals surface area contributed by atoms with E-state index in [0.29, 0.717) is 5.02 Å². The lowest BCUT2D eigenvalue weighted by molar-refractivity contribution is 0.603. The molecule has 1 unspecified atom stereocenters. The lowest BCUT2D eigenvalue weighted by Gasteiger charge is -2.16. The summed E-state index contributed by atoms with van der Waals surface area (Å²) in [5, 5.41) is 7.92. The smallest absolute Gasteiger partial charge is 0.115 e. The number of aryl methyl sites for hydroxylation is 1. The summed E-state index contributed by atoms with van der Waals surface area (Å²) in [6, 6.07) is -0.0544. The van der Waals surface area contributed by atoms with Crippen molar-refractivity contribution in [3.05, 3.63) is 41.2 Å². The van der Waals surface area contributed by atoms with Crippen LogP contribution in [-0.2, 0) is 7.05 Å². The lowest BCUT2D eigenvalue weighted by Crippen LogP contribution is -2.21. The number of rotatable bonds is 3. The quantitative estimate of drug-likeness (QED) is 0.871. The van der Waals surface area contributed by atoms with Gasteiger partial charge < -0.3 is 5.32 Å². The van der Waals surface area contributed by atoms with Gasteiger partial charge in [0.15, 0.2) is 0 Å². The average Bonchev–Trinajstić information content (AvgIpc) is 2.63. The molecule has 0 spiro atoms. The highest BCUT2D eigenvalue weighted by molar-refractivity contribution is 6.31. The van der Waals surface area contributed by atoms with Crippen LogP contribution < -0.4 is 5.32 Å². The summed E-state index contributed by atoms with van der Waals surface area (Å²) < 4.78 is 1.75. The molecule has 6 heteroatoms. The fourth-order valence-electron chi connectivity index (χ4n) is 1.67. The SMILES string of the molecule is CNC(c1cncnc1)c1c(Cl)cnn1C. The summed E-state index contributed by atoms with van der Waals surface area (Å²) in [5.41, 5.74) is 1.86. The Morgan fingerprint density at radius 3 is 2.50 bits per heavy atom. The van der Waals surface area contributed by atoms with Gasteiger partial charge in [0.05, 0.1) is 23.0 Å². The molecular weight excluding hydrogens is 226 g/mol. The topological polar surface area (TPSA) is 55.6 Å². The van der Waals surface area contributed by atoms with Crippen molar-refractivity contribution in [2.24, 2.45) is 7.05 Å². The minimum absolute atomic E-state index is 0.0544. The van der Waals surface area contributed by atoms with Gasteiger partial charge >= 0.3 is 0 Å². The van der Waals surface area contributed by atoms with Crippen LogP contribution in [0.1, 0.15) is 17.3 Å². The van der Waals surface area contributed by atoms with Gasteiger partial charge in [-0.1, -0.05) is 11.6 Å². The largest absolute Gasteiger partial charge is 0.308 e. The van der Waals surface area contributed by atoms with Crippen LogP contribution in [0.4, 0.5) is 0 Å². The predicted octanol–water partition coefficient (Wildman–Crippen LogP) is 1.17. The van der Waals surface area contributed by atoms with Gasteiger partial charge in [-0.15, -0.1) is 0 Å². The first-order chi connectivity index (χ1) is 7.74. The Morgan fingerprint density at radius 2 is 2.00 bits per heavy atom. The van der Waals surface area contributed by atoms with Crippen LogP contribution in [0.3, 0.4) is 0 Å². The van der Waals surface area contributed by atoms with E-state index in [4.69, 9.17) is 11.6 Å². The maximum Gasteiger partial charge on any atom is 0.115 e. The molecule has 2 heterocycles. The van der Waals surface area contributed by atoms with Crippen molar-refractivity contribution in [2.45, 2.75) is 6.04 Å². The van der Waals surface area contributed by atoms with E-state index in [0.717, 1.165) is 11.3 Å². The molecule has 0 aliphatic carbocycles. The summed E-state index contributed by atoms with van der Waals surface area (Å²) in [5.74, 6) is 0. The summed E-state index contributed by atoms with van der Waals surface area (Å²) in [6.07, 6.45) is 6.65. The van der Waals surface area contributed by atoms with E-state index in [1.807, 2.05) is 14.1 Å². The Labute approximate surface area is 98.5 Å². The standard InChI is InChI=1S/C10H12ClN5/c1-12-9(7-3-13-6-14-4-7)10-8(11)5-15-16(10)2/h3-6,9,12H,1-2H3. The zero-order chi connectivity index (χ0) is 11.5. The van der Waals surface area contributed by atoms with E-state index in [-0.39, 0.29) is 6.04 Å². The maximum atomic E-state index is 6.10. The molecule has 2 aromatic rings. The Morgan fingerprint density at radius 1 is 1.31 bits per heavy atom. The van der Waals surface area contributed by atoms with Crippen molar-refractivity contribution in [1.82, 2.24) is 25.1 Å². The number of hydrogen-bond donors (Lipinski definition) is 1. The van der Waals surface area contributed by atoms with E-state index in [9.17, 15) is 0 Å². The van der Waals surface area contributed by atoms with Gasteiger partial charge in [-0.2, -0.15) is 5.10 Å². The fourth-order valence-corrected chi connectivity index (χ4v) is 1.94. The van der Waals surface area contributed by atoms with Crippen LogP contribution in [0, 0.1) is 0 Å². The van der Waals surface area contributed by atoms with Gasteiger partial charge in [0.2, 0.25) is 0 Å². The first-order valence-electron chi connectivity index (χ1n) is 4.83. The molecule has 5 nitrogen and oxygen atoms in total. The first kappa shape index (κ1) is 11.0. The summed E-state index contributed by atoms with van der Waals surface area (Å²) in [6.45, 7) is 0. The van der Waals surface area contributed by atoms with Crippen molar-refractivity contribution in [1.29, 1.82) is 0 Å². The van der Waals surface area contributed by atoms with Gasteiger partial charge in [0.25, 0.3) is 0 Å². The van der Waals surface area contributed by atoms with Gasteiger partial charge in [0, 0.05) is 25.0 Å². The highest BCUT2D eigenvalue weighted by Gasteiger charge is 2.19. The van der Waals surface area contributed by atoms with Crippen LogP contribution in [0.5, 0.6) is 0 Å². The Bertz CT molecular complexity index is 448. The van der Waals surface area contributed by atoms with Crippen LogP contribution in [0.15, 0.2) is 24.9 Å². The molecule has 0 radical (unpaired) electrons. The summed E-state index contributed by atoms with van der Waals surface area (Å²) in [4.78, 5) is 8.00. The lowest BCUT2D eigenvalue weighted by atomic mass is 10.1. The third-order valence-electron chi connectivity index (χ3n) is 2.41. The summed E-state index contributed by atoms with van der Waals surface area (Å²) >= 11 is 6.10. The zero-order valence-electron chi connectivity index (χ0n) is 9.05. The molecule has 84 valence electrons. The molecular formula is C10H12ClN5. The maximum absolute atomic E-state index is 6.10. The van der Waals surface area contributed by atoms with Crippen LogP contribution in [0.2, 0.25) is 5.02 Å². The monoisotopic (exact) mass is 237 g/mol. The molecule has 0 amide bonds. The second kappa shape index (κ2) is 4.59. The highest BCUT2D eigenvalue weighted by Crippen LogP contribution is 2.26. The first-order valence-corrected chi connectivity index (χ1v) is 5.21. The average molecular weight is 238 g/mol. The number of hydrogen-bond acceptors (Lipinski definition) is 4. The van der Waals surface area contributed by atoms with Gasteiger partial charge in [0.1, 0.15) is 6.33 Å². The van der Waals surface area contributed by atoms with Crippen LogP contribution in [-0.4, -0.2) is 26.8 Å². The zero-order valence-corrected chi connectivity index (χ0v) is 9.81. The Balaban J connectivity index is 2.45. The Kier molecular flexibility index (Phi) is 3.17. The van der Waals surface area contributed by atoms with Crippen molar-refractivity contribution in [2.75, 3.05) is 7.05 Å². The molecule has 0 saturated heterocycles. The highest BCUT2D eigenvalue weighted by atomic mass is 35.5. The number of aromatic nitrogens is 4. The molecule has 0 aromatic carbocycles. The van der Waals surface area contributed by atoms with Crippen molar-refractivity contribution in [3.63, 3.8) is 0 Å².